The van der Waals surface area contributed by atoms with Crippen molar-refractivity contribution in [2.75, 3.05) is 6.61 Å². The molecule has 1 fully saturated rings. The monoisotopic (exact) mass is 318 g/mol. The minimum Gasteiger partial charge on any atom is -0.494 e. The molecular formula is C18H26N2O3. The van der Waals surface area contributed by atoms with Crippen molar-refractivity contribution in [1.82, 2.24) is 10.9 Å². The molecule has 2 N–H and O–H groups in total. The second kappa shape index (κ2) is 9.18. The van der Waals surface area contributed by atoms with Crippen LogP contribution in [0.1, 0.15) is 62.2 Å². The lowest BCUT2D eigenvalue weighted by molar-refractivity contribution is -0.126. The maximum Gasteiger partial charge on any atom is 0.269 e. The number of benzene rings is 1. The van der Waals surface area contributed by atoms with Crippen LogP contribution in [0.3, 0.4) is 0 Å². The molecule has 0 bridgehead atoms. The number of hydrogen-bond donors (Lipinski definition) is 2. The van der Waals surface area contributed by atoms with Gasteiger partial charge in [-0.3, -0.25) is 20.4 Å². The van der Waals surface area contributed by atoms with Crippen molar-refractivity contribution in [2.45, 2.75) is 51.9 Å². The molecule has 1 saturated carbocycles. The minimum atomic E-state index is -0.311. The number of carbonyl (C=O) groups is 2. The molecule has 1 aliphatic rings. The van der Waals surface area contributed by atoms with Gasteiger partial charge in [-0.05, 0) is 43.5 Å². The number of ether oxygens (including phenoxy) is 1. The van der Waals surface area contributed by atoms with E-state index in [1.54, 1.807) is 24.3 Å². The molecule has 0 aliphatic heterocycles. The van der Waals surface area contributed by atoms with Crippen LogP contribution in [-0.2, 0) is 4.79 Å². The Bertz CT molecular complexity index is 508. The summed E-state index contributed by atoms with van der Waals surface area (Å²) in [5.41, 5.74) is 5.52. The smallest absolute Gasteiger partial charge is 0.269 e. The van der Waals surface area contributed by atoms with Crippen molar-refractivity contribution in [2.24, 2.45) is 5.92 Å². The van der Waals surface area contributed by atoms with Gasteiger partial charge in [0.05, 0.1) is 6.61 Å². The molecule has 5 heteroatoms. The molecule has 2 amide bonds. The molecule has 1 aromatic carbocycles. The van der Waals surface area contributed by atoms with E-state index in [0.717, 1.165) is 44.3 Å². The third kappa shape index (κ3) is 5.58. The fraction of sp³-hybridized carbons (Fsp3) is 0.556. The Morgan fingerprint density at radius 1 is 1.09 bits per heavy atom. The first kappa shape index (κ1) is 17.3. The summed E-state index contributed by atoms with van der Waals surface area (Å²) in [6, 6.07) is 6.94. The van der Waals surface area contributed by atoms with Gasteiger partial charge in [0.1, 0.15) is 5.75 Å². The molecule has 0 heterocycles. The molecule has 0 spiro atoms. The van der Waals surface area contributed by atoms with Crippen LogP contribution >= 0.6 is 0 Å². The topological polar surface area (TPSA) is 67.4 Å². The molecule has 5 nitrogen and oxygen atoms in total. The van der Waals surface area contributed by atoms with Crippen LogP contribution in [0.2, 0.25) is 0 Å². The molecule has 2 rings (SSSR count). The SMILES string of the molecule is CCCCOc1ccc(C(=O)NNC(=O)C2CCCCC2)cc1. The van der Waals surface area contributed by atoms with Crippen LogP contribution in [0, 0.1) is 5.92 Å². The third-order valence-electron chi connectivity index (χ3n) is 4.16. The van der Waals surface area contributed by atoms with Gasteiger partial charge >= 0.3 is 0 Å². The van der Waals surface area contributed by atoms with E-state index in [4.69, 9.17) is 4.74 Å². The number of hydrogen-bond acceptors (Lipinski definition) is 3. The fourth-order valence-electron chi connectivity index (χ4n) is 2.69. The van der Waals surface area contributed by atoms with Crippen LogP contribution in [0.4, 0.5) is 0 Å². The number of unbranched alkanes of at least 4 members (excludes halogenated alkanes) is 1. The second-order valence-electron chi connectivity index (χ2n) is 6.00. The predicted octanol–water partition coefficient (Wildman–Crippen LogP) is 3.21. The second-order valence-corrected chi connectivity index (χ2v) is 6.00. The van der Waals surface area contributed by atoms with Gasteiger partial charge in [-0.25, -0.2) is 0 Å². The normalized spacial score (nSPS) is 15.0. The molecule has 1 aromatic rings. The molecule has 1 aliphatic carbocycles. The number of nitrogens with one attached hydrogen (secondary N) is 2. The van der Waals surface area contributed by atoms with Crippen molar-refractivity contribution in [1.29, 1.82) is 0 Å². The Morgan fingerprint density at radius 3 is 2.43 bits per heavy atom. The zero-order valence-corrected chi connectivity index (χ0v) is 13.8. The summed E-state index contributed by atoms with van der Waals surface area (Å²) in [6.07, 6.45) is 7.29. The lowest BCUT2D eigenvalue weighted by Gasteiger charge is -2.20. The van der Waals surface area contributed by atoms with E-state index in [-0.39, 0.29) is 17.7 Å². The first-order valence-electron chi connectivity index (χ1n) is 8.53. The van der Waals surface area contributed by atoms with E-state index in [2.05, 4.69) is 17.8 Å². The van der Waals surface area contributed by atoms with Crippen LogP contribution in [0.25, 0.3) is 0 Å². The Morgan fingerprint density at radius 2 is 1.78 bits per heavy atom. The average Bonchev–Trinajstić information content (AvgIpc) is 2.61. The molecule has 0 atom stereocenters. The molecular weight excluding hydrogens is 292 g/mol. The highest BCUT2D eigenvalue weighted by Crippen LogP contribution is 2.23. The van der Waals surface area contributed by atoms with Crippen LogP contribution in [-0.4, -0.2) is 18.4 Å². The van der Waals surface area contributed by atoms with Crippen molar-refractivity contribution in [3.63, 3.8) is 0 Å². The number of rotatable bonds is 6. The molecule has 0 aromatic heterocycles. The van der Waals surface area contributed by atoms with Crippen molar-refractivity contribution < 1.29 is 14.3 Å². The minimum absolute atomic E-state index is 0.0263. The van der Waals surface area contributed by atoms with E-state index in [1.165, 1.54) is 6.42 Å². The Kier molecular flexibility index (Phi) is 6.91. The highest BCUT2D eigenvalue weighted by Gasteiger charge is 2.21. The highest BCUT2D eigenvalue weighted by atomic mass is 16.5. The van der Waals surface area contributed by atoms with E-state index in [9.17, 15) is 9.59 Å². The van der Waals surface area contributed by atoms with Gasteiger partial charge < -0.3 is 4.74 Å². The molecule has 23 heavy (non-hydrogen) atoms. The Balaban J connectivity index is 1.77. The number of amides is 2. The van der Waals surface area contributed by atoms with Gasteiger partial charge in [0.2, 0.25) is 5.91 Å². The molecule has 0 unspecified atom stereocenters. The first-order chi connectivity index (χ1) is 11.2. The van der Waals surface area contributed by atoms with Crippen LogP contribution in [0.15, 0.2) is 24.3 Å². The summed E-state index contributed by atoms with van der Waals surface area (Å²) in [5.74, 6) is 0.381. The highest BCUT2D eigenvalue weighted by molar-refractivity contribution is 5.95. The van der Waals surface area contributed by atoms with Gasteiger partial charge in [0, 0.05) is 11.5 Å². The standard InChI is InChI=1S/C18H26N2O3/c1-2-3-13-23-16-11-9-15(10-12-16)18(22)20-19-17(21)14-7-5-4-6-8-14/h9-12,14H,2-8,13H2,1H3,(H,19,21)(H,20,22). The maximum absolute atomic E-state index is 12.0. The van der Waals surface area contributed by atoms with Crippen molar-refractivity contribution in [3.05, 3.63) is 29.8 Å². The summed E-state index contributed by atoms with van der Waals surface area (Å²) >= 11 is 0. The van der Waals surface area contributed by atoms with Crippen molar-refractivity contribution >= 4 is 11.8 Å². The average molecular weight is 318 g/mol. The van der Waals surface area contributed by atoms with Gasteiger partial charge in [-0.15, -0.1) is 0 Å². The van der Waals surface area contributed by atoms with Gasteiger partial charge in [0.15, 0.2) is 0 Å². The fourth-order valence-corrected chi connectivity index (χ4v) is 2.69. The van der Waals surface area contributed by atoms with E-state index in [0.29, 0.717) is 12.2 Å². The number of carbonyl (C=O) groups excluding carboxylic acids is 2. The van der Waals surface area contributed by atoms with Gasteiger partial charge in [-0.1, -0.05) is 32.6 Å². The van der Waals surface area contributed by atoms with Crippen molar-refractivity contribution in [3.8, 4) is 5.75 Å². The Hall–Kier alpha value is -2.04. The van der Waals surface area contributed by atoms with E-state index >= 15 is 0 Å². The summed E-state index contributed by atoms with van der Waals surface area (Å²) < 4.78 is 5.56. The van der Waals surface area contributed by atoms with Gasteiger partial charge in [0.25, 0.3) is 5.91 Å². The summed E-state index contributed by atoms with van der Waals surface area (Å²) in [4.78, 5) is 24.0. The predicted molar refractivity (Wildman–Crippen MR) is 89.0 cm³/mol. The third-order valence-corrected chi connectivity index (χ3v) is 4.16. The lowest BCUT2D eigenvalue weighted by atomic mass is 9.89. The first-order valence-corrected chi connectivity index (χ1v) is 8.53. The molecule has 0 radical (unpaired) electrons. The lowest BCUT2D eigenvalue weighted by Crippen LogP contribution is -2.44. The van der Waals surface area contributed by atoms with E-state index < -0.39 is 0 Å². The molecule has 0 saturated heterocycles. The molecule has 126 valence electrons. The maximum atomic E-state index is 12.0. The zero-order valence-electron chi connectivity index (χ0n) is 13.8. The zero-order chi connectivity index (χ0) is 16.5. The largest absolute Gasteiger partial charge is 0.494 e. The van der Waals surface area contributed by atoms with Crippen LogP contribution < -0.4 is 15.6 Å². The Labute approximate surface area is 137 Å². The van der Waals surface area contributed by atoms with E-state index in [1.807, 2.05) is 0 Å². The van der Waals surface area contributed by atoms with Gasteiger partial charge in [-0.2, -0.15) is 0 Å². The quantitative estimate of drug-likeness (QED) is 0.625. The summed E-state index contributed by atoms with van der Waals surface area (Å²) in [7, 11) is 0. The number of hydrazine groups is 1. The summed E-state index contributed by atoms with van der Waals surface area (Å²) in [6.45, 7) is 2.79. The van der Waals surface area contributed by atoms with Crippen LogP contribution in [0.5, 0.6) is 5.75 Å². The summed E-state index contributed by atoms with van der Waals surface area (Å²) in [5, 5.41) is 0.